The zero-order chi connectivity index (χ0) is 18.5. The van der Waals surface area contributed by atoms with Gasteiger partial charge < -0.3 is 10.1 Å². The number of nitrogens with one attached hydrogen (secondary N) is 1. The second-order valence-corrected chi connectivity index (χ2v) is 5.76. The van der Waals surface area contributed by atoms with Crippen molar-refractivity contribution in [1.29, 1.82) is 0 Å². The first kappa shape index (κ1) is 17.4. The Hall–Kier alpha value is -3.47. The molecule has 1 N–H and O–H groups in total. The number of rotatable bonds is 5. The Morgan fingerprint density at radius 1 is 1.12 bits per heavy atom. The Balaban J connectivity index is 1.57. The van der Waals surface area contributed by atoms with Gasteiger partial charge in [0.15, 0.2) is 0 Å². The summed E-state index contributed by atoms with van der Waals surface area (Å²) in [7, 11) is 0. The summed E-state index contributed by atoms with van der Waals surface area (Å²) in [6.45, 7) is 3.69. The molecule has 2 aromatic carbocycles. The van der Waals surface area contributed by atoms with Crippen molar-refractivity contribution in [1.82, 2.24) is 0 Å². The van der Waals surface area contributed by atoms with Gasteiger partial charge in [-0.05, 0) is 41.5 Å². The molecule has 0 spiro atoms. The van der Waals surface area contributed by atoms with E-state index in [0.29, 0.717) is 17.9 Å². The van der Waals surface area contributed by atoms with Crippen molar-refractivity contribution in [3.05, 3.63) is 95.5 Å². The SMILES string of the molecule is C=C1OC(=O)C=C1Cc1ccc(NC(=O)/C=C/c2ccc(F)cc2)cc1. The molecule has 0 fully saturated rings. The Kier molecular flexibility index (Phi) is 5.08. The number of carbonyl (C=O) groups excluding carboxylic acids is 2. The predicted octanol–water partition coefficient (Wildman–Crippen LogP) is 4.02. The van der Waals surface area contributed by atoms with E-state index in [-0.39, 0.29) is 11.7 Å². The molecule has 0 unspecified atom stereocenters. The monoisotopic (exact) mass is 349 g/mol. The molecule has 3 rings (SSSR count). The molecule has 1 aliphatic rings. The first-order valence-corrected chi connectivity index (χ1v) is 7.95. The number of benzene rings is 2. The third kappa shape index (κ3) is 4.54. The van der Waals surface area contributed by atoms with E-state index in [0.717, 1.165) is 16.7 Å². The van der Waals surface area contributed by atoms with Crippen LogP contribution < -0.4 is 5.32 Å². The van der Waals surface area contributed by atoms with Crippen LogP contribution in [0.4, 0.5) is 10.1 Å². The highest BCUT2D eigenvalue weighted by Crippen LogP contribution is 2.22. The fourth-order valence-corrected chi connectivity index (χ4v) is 2.44. The highest BCUT2D eigenvalue weighted by molar-refractivity contribution is 6.01. The molecule has 2 aromatic rings. The van der Waals surface area contributed by atoms with Crippen molar-refractivity contribution in [3.8, 4) is 0 Å². The third-order valence-corrected chi connectivity index (χ3v) is 3.79. The molecule has 0 aromatic heterocycles. The summed E-state index contributed by atoms with van der Waals surface area (Å²) < 4.78 is 17.7. The zero-order valence-electron chi connectivity index (χ0n) is 13.9. The lowest BCUT2D eigenvalue weighted by atomic mass is 10.0. The van der Waals surface area contributed by atoms with Gasteiger partial charge in [-0.15, -0.1) is 0 Å². The normalized spacial score (nSPS) is 13.7. The number of anilines is 1. The number of carbonyl (C=O) groups is 2. The Morgan fingerprint density at radius 2 is 1.81 bits per heavy atom. The minimum absolute atomic E-state index is 0.284. The minimum atomic E-state index is -0.401. The van der Waals surface area contributed by atoms with E-state index in [4.69, 9.17) is 4.74 Å². The van der Waals surface area contributed by atoms with Crippen molar-refractivity contribution in [2.75, 3.05) is 5.32 Å². The number of halogens is 1. The van der Waals surface area contributed by atoms with Crippen molar-refractivity contribution < 1.29 is 18.7 Å². The van der Waals surface area contributed by atoms with Gasteiger partial charge in [-0.25, -0.2) is 9.18 Å². The van der Waals surface area contributed by atoms with Gasteiger partial charge in [0.05, 0.1) is 0 Å². The van der Waals surface area contributed by atoms with Crippen molar-refractivity contribution in [2.45, 2.75) is 6.42 Å². The van der Waals surface area contributed by atoms with Crippen molar-refractivity contribution in [3.63, 3.8) is 0 Å². The van der Waals surface area contributed by atoms with Gasteiger partial charge in [0, 0.05) is 29.8 Å². The Labute approximate surface area is 150 Å². The number of hydrogen-bond donors (Lipinski definition) is 1. The van der Waals surface area contributed by atoms with Gasteiger partial charge in [0.1, 0.15) is 11.6 Å². The summed E-state index contributed by atoms with van der Waals surface area (Å²) in [6.07, 6.45) is 4.96. The van der Waals surface area contributed by atoms with E-state index < -0.39 is 5.97 Å². The van der Waals surface area contributed by atoms with Gasteiger partial charge in [0.2, 0.25) is 5.91 Å². The van der Waals surface area contributed by atoms with Crippen LogP contribution >= 0.6 is 0 Å². The van der Waals surface area contributed by atoms with Crippen molar-refractivity contribution in [2.24, 2.45) is 0 Å². The third-order valence-electron chi connectivity index (χ3n) is 3.79. The van der Waals surface area contributed by atoms with Crippen LogP contribution in [0.3, 0.4) is 0 Å². The molecule has 0 atom stereocenters. The summed E-state index contributed by atoms with van der Waals surface area (Å²) in [6, 6.07) is 13.1. The predicted molar refractivity (Wildman–Crippen MR) is 97.5 cm³/mol. The number of cyclic esters (lactones) is 1. The van der Waals surface area contributed by atoms with Crippen LogP contribution in [-0.4, -0.2) is 11.9 Å². The largest absolute Gasteiger partial charge is 0.424 e. The van der Waals surface area contributed by atoms with E-state index >= 15 is 0 Å². The van der Waals surface area contributed by atoms with Gasteiger partial charge in [-0.3, -0.25) is 4.79 Å². The maximum Gasteiger partial charge on any atom is 0.336 e. The van der Waals surface area contributed by atoms with Gasteiger partial charge in [-0.1, -0.05) is 30.8 Å². The molecule has 0 saturated heterocycles. The molecular formula is C21H16FNO3. The number of esters is 1. The fourth-order valence-electron chi connectivity index (χ4n) is 2.44. The molecule has 5 heteroatoms. The quantitative estimate of drug-likeness (QED) is 0.655. The molecule has 130 valence electrons. The molecule has 1 heterocycles. The van der Waals surface area contributed by atoms with Crippen LogP contribution in [0.2, 0.25) is 0 Å². The van der Waals surface area contributed by atoms with Crippen LogP contribution in [0.25, 0.3) is 6.08 Å². The van der Waals surface area contributed by atoms with Crippen molar-refractivity contribution >= 4 is 23.6 Å². The minimum Gasteiger partial charge on any atom is -0.424 e. The molecule has 26 heavy (non-hydrogen) atoms. The lowest BCUT2D eigenvalue weighted by molar-refractivity contribution is -0.132. The standard InChI is InChI=1S/C21H16FNO3/c1-14-17(13-21(25)26-14)12-16-4-9-19(10-5-16)23-20(24)11-6-15-2-7-18(22)8-3-15/h2-11,13H,1,12H2,(H,23,24)/b11-6+. The van der Waals surface area contributed by atoms with Crippen LogP contribution in [-0.2, 0) is 20.7 Å². The number of allylic oxidation sites excluding steroid dienone is 1. The second kappa shape index (κ2) is 7.61. The summed E-state index contributed by atoms with van der Waals surface area (Å²) in [5, 5.41) is 2.75. The van der Waals surface area contributed by atoms with Crippen LogP contribution in [0.15, 0.2) is 78.6 Å². The smallest absolute Gasteiger partial charge is 0.336 e. The Bertz CT molecular complexity index is 909. The average Bonchev–Trinajstić information content (AvgIpc) is 2.93. The van der Waals surface area contributed by atoms with E-state index in [1.54, 1.807) is 30.3 Å². The van der Waals surface area contributed by atoms with E-state index in [2.05, 4.69) is 11.9 Å². The maximum atomic E-state index is 12.8. The second-order valence-electron chi connectivity index (χ2n) is 5.76. The van der Waals surface area contributed by atoms with Gasteiger partial charge in [-0.2, -0.15) is 0 Å². The van der Waals surface area contributed by atoms with Crippen LogP contribution in [0, 0.1) is 5.82 Å². The Morgan fingerprint density at radius 3 is 2.42 bits per heavy atom. The molecular weight excluding hydrogens is 333 g/mol. The van der Waals surface area contributed by atoms with E-state index in [1.165, 1.54) is 24.3 Å². The zero-order valence-corrected chi connectivity index (χ0v) is 13.9. The molecule has 4 nitrogen and oxygen atoms in total. The number of hydrogen-bond acceptors (Lipinski definition) is 3. The summed E-state index contributed by atoms with van der Waals surface area (Å²) >= 11 is 0. The lowest BCUT2D eigenvalue weighted by Crippen LogP contribution is -2.07. The molecule has 0 bridgehead atoms. The van der Waals surface area contributed by atoms with E-state index in [1.807, 2.05) is 12.1 Å². The summed E-state index contributed by atoms with van der Waals surface area (Å²) in [5.41, 5.74) is 3.09. The lowest BCUT2D eigenvalue weighted by Gasteiger charge is -2.06. The first-order chi connectivity index (χ1) is 12.5. The molecule has 0 radical (unpaired) electrons. The first-order valence-electron chi connectivity index (χ1n) is 7.95. The number of ether oxygens (including phenoxy) is 1. The maximum absolute atomic E-state index is 12.8. The van der Waals surface area contributed by atoms with E-state index in [9.17, 15) is 14.0 Å². The summed E-state index contributed by atoms with van der Waals surface area (Å²) in [5.74, 6) is -0.632. The fraction of sp³-hybridized carbons (Fsp3) is 0.0476. The highest BCUT2D eigenvalue weighted by Gasteiger charge is 2.17. The topological polar surface area (TPSA) is 55.4 Å². The number of amides is 1. The van der Waals surface area contributed by atoms with Gasteiger partial charge >= 0.3 is 5.97 Å². The highest BCUT2D eigenvalue weighted by atomic mass is 19.1. The molecule has 1 amide bonds. The van der Waals surface area contributed by atoms with Crippen LogP contribution in [0.5, 0.6) is 0 Å². The molecule has 0 saturated carbocycles. The van der Waals surface area contributed by atoms with Crippen LogP contribution in [0.1, 0.15) is 11.1 Å². The molecule has 1 aliphatic heterocycles. The molecule has 0 aliphatic carbocycles. The average molecular weight is 349 g/mol. The van der Waals surface area contributed by atoms with Gasteiger partial charge in [0.25, 0.3) is 0 Å². The summed E-state index contributed by atoms with van der Waals surface area (Å²) in [4.78, 5) is 23.1.